The molecule has 18 heavy (non-hydrogen) atoms. The van der Waals surface area contributed by atoms with Crippen LogP contribution in [0.25, 0.3) is 10.7 Å². The molecule has 0 atom stereocenters. The van der Waals surface area contributed by atoms with Gasteiger partial charge in [-0.1, -0.05) is 0 Å². The van der Waals surface area contributed by atoms with Crippen molar-refractivity contribution >= 4 is 45.6 Å². The van der Waals surface area contributed by atoms with Gasteiger partial charge in [0.25, 0.3) is 5.91 Å². The molecule has 0 unspecified atom stereocenters. The fourth-order valence-corrected chi connectivity index (χ4v) is 2.67. The van der Waals surface area contributed by atoms with Crippen molar-refractivity contribution in [3.8, 4) is 10.7 Å². The van der Waals surface area contributed by atoms with Crippen molar-refractivity contribution in [3.63, 3.8) is 0 Å². The minimum Gasteiger partial charge on any atom is -0.349 e. The van der Waals surface area contributed by atoms with Gasteiger partial charge in [0.05, 0.1) is 5.01 Å². The third-order valence-electron chi connectivity index (χ3n) is 2.00. The Bertz CT molecular complexity index is 525. The second-order valence-electron chi connectivity index (χ2n) is 3.33. The van der Waals surface area contributed by atoms with Crippen molar-refractivity contribution in [2.45, 2.75) is 6.92 Å². The number of halogens is 1. The highest BCUT2D eigenvalue weighted by atomic mass is 79.9. The highest BCUT2D eigenvalue weighted by Crippen LogP contribution is 2.24. The Kier molecular flexibility index (Phi) is 5.86. The Hall–Kier alpha value is -0.830. The molecule has 0 aromatic carbocycles. The van der Waals surface area contributed by atoms with Crippen LogP contribution in [0.5, 0.6) is 0 Å². The van der Waals surface area contributed by atoms with E-state index in [0.717, 1.165) is 15.7 Å². The molecule has 0 bridgehead atoms. The van der Waals surface area contributed by atoms with E-state index in [1.54, 1.807) is 16.7 Å². The first-order valence-corrected chi connectivity index (χ1v) is 6.83. The number of hydrogen-bond donors (Lipinski definition) is 2. The van der Waals surface area contributed by atoms with Crippen molar-refractivity contribution < 1.29 is 4.79 Å². The summed E-state index contributed by atoms with van der Waals surface area (Å²) in [5, 5.41) is 8.11. The van der Waals surface area contributed by atoms with Crippen LogP contribution >= 0.6 is 39.7 Å². The summed E-state index contributed by atoms with van der Waals surface area (Å²) in [6.45, 7) is 2.83. The fourth-order valence-electron chi connectivity index (χ4n) is 1.23. The summed E-state index contributed by atoms with van der Waals surface area (Å²) >= 11 is 2.99. The zero-order chi connectivity index (χ0) is 12.3. The Labute approximate surface area is 123 Å². The maximum atomic E-state index is 11.6. The molecule has 2 aromatic rings. The molecule has 2 rings (SSSR count). The van der Waals surface area contributed by atoms with Crippen LogP contribution in [-0.4, -0.2) is 29.0 Å². The molecular formula is C10H13BrN4OS2. The van der Waals surface area contributed by atoms with E-state index in [1.165, 1.54) is 11.3 Å². The van der Waals surface area contributed by atoms with Crippen LogP contribution in [0.3, 0.4) is 0 Å². The number of rotatable bonds is 4. The quantitative estimate of drug-likeness (QED) is 0.883. The van der Waals surface area contributed by atoms with Crippen LogP contribution < -0.4 is 11.1 Å². The summed E-state index contributed by atoms with van der Waals surface area (Å²) in [6, 6.07) is 0. The molecule has 0 aliphatic rings. The molecule has 98 valence electrons. The Morgan fingerprint density at radius 1 is 1.39 bits per heavy atom. The molecule has 5 nitrogen and oxygen atoms in total. The minimum atomic E-state index is -0.190. The molecule has 3 N–H and O–H groups in total. The lowest BCUT2D eigenvalue weighted by Gasteiger charge is -1.98. The number of carbonyl (C=O) groups is 1. The van der Waals surface area contributed by atoms with Gasteiger partial charge in [-0.15, -0.1) is 39.7 Å². The zero-order valence-electron chi connectivity index (χ0n) is 9.67. The molecule has 2 aromatic heterocycles. The predicted octanol–water partition coefficient (Wildman–Crippen LogP) is 1.84. The van der Waals surface area contributed by atoms with Gasteiger partial charge in [-0.3, -0.25) is 4.79 Å². The van der Waals surface area contributed by atoms with Gasteiger partial charge in [0.2, 0.25) is 0 Å². The molecule has 1 amide bonds. The minimum absolute atomic E-state index is 0. The van der Waals surface area contributed by atoms with Crippen LogP contribution in [-0.2, 0) is 0 Å². The third-order valence-corrected chi connectivity index (χ3v) is 3.64. The van der Waals surface area contributed by atoms with E-state index in [9.17, 15) is 4.79 Å². The maximum absolute atomic E-state index is 11.6. The van der Waals surface area contributed by atoms with E-state index >= 15 is 0 Å². The lowest BCUT2D eigenvalue weighted by Crippen LogP contribution is -2.29. The standard InChI is InChI=1S/C10H12N4OS2.BrH/c1-6-13-8(5-16-6)10-14-7(4-17-10)9(15)12-3-2-11;/h4-5H,2-3,11H2,1H3,(H,12,15);1H. The van der Waals surface area contributed by atoms with Gasteiger partial charge in [0.15, 0.2) is 0 Å². The Balaban J connectivity index is 0.00000162. The van der Waals surface area contributed by atoms with Gasteiger partial charge < -0.3 is 11.1 Å². The number of nitrogens with one attached hydrogen (secondary N) is 1. The van der Waals surface area contributed by atoms with Gasteiger partial charge in [0.1, 0.15) is 16.4 Å². The number of nitrogens with two attached hydrogens (primary N) is 1. The predicted molar refractivity (Wildman–Crippen MR) is 79.7 cm³/mol. The smallest absolute Gasteiger partial charge is 0.270 e. The molecule has 0 radical (unpaired) electrons. The molecule has 0 saturated heterocycles. The van der Waals surface area contributed by atoms with Crippen LogP contribution in [0.4, 0.5) is 0 Å². The Morgan fingerprint density at radius 2 is 2.17 bits per heavy atom. The number of aryl methyl sites for hydroxylation is 1. The van der Waals surface area contributed by atoms with Crippen LogP contribution in [0.15, 0.2) is 10.8 Å². The highest BCUT2D eigenvalue weighted by molar-refractivity contribution is 8.93. The topological polar surface area (TPSA) is 80.9 Å². The second kappa shape index (κ2) is 6.93. The van der Waals surface area contributed by atoms with Gasteiger partial charge in [-0.25, -0.2) is 9.97 Å². The number of aromatic nitrogens is 2. The van der Waals surface area contributed by atoms with E-state index < -0.39 is 0 Å². The molecule has 0 saturated carbocycles. The number of amides is 1. The first-order valence-electron chi connectivity index (χ1n) is 5.07. The summed E-state index contributed by atoms with van der Waals surface area (Å²) in [5.41, 5.74) is 6.56. The fraction of sp³-hybridized carbons (Fsp3) is 0.300. The van der Waals surface area contributed by atoms with E-state index in [4.69, 9.17) is 5.73 Å². The average Bonchev–Trinajstić information content (AvgIpc) is 2.93. The summed E-state index contributed by atoms with van der Waals surface area (Å²) in [6.07, 6.45) is 0. The number of thiazole rings is 2. The molecule has 0 aliphatic carbocycles. The van der Waals surface area contributed by atoms with Crippen molar-refractivity contribution in [2.75, 3.05) is 13.1 Å². The van der Waals surface area contributed by atoms with E-state index in [2.05, 4.69) is 15.3 Å². The van der Waals surface area contributed by atoms with Gasteiger partial charge in [-0.05, 0) is 6.92 Å². The summed E-state index contributed by atoms with van der Waals surface area (Å²) < 4.78 is 0. The number of nitrogens with zero attached hydrogens (tertiary/aromatic N) is 2. The van der Waals surface area contributed by atoms with Crippen LogP contribution in [0.2, 0.25) is 0 Å². The molecule has 0 spiro atoms. The normalized spacial score (nSPS) is 9.89. The number of carbonyl (C=O) groups excluding carboxylic acids is 1. The maximum Gasteiger partial charge on any atom is 0.270 e. The first-order chi connectivity index (χ1) is 8.20. The SMILES string of the molecule is Br.Cc1nc(-c2nc(C(=O)NCCN)cs2)cs1. The van der Waals surface area contributed by atoms with E-state index in [1.807, 2.05) is 12.3 Å². The molecule has 8 heteroatoms. The largest absolute Gasteiger partial charge is 0.349 e. The first kappa shape index (κ1) is 15.2. The lowest BCUT2D eigenvalue weighted by molar-refractivity contribution is 0.0950. The second-order valence-corrected chi connectivity index (χ2v) is 5.25. The average molecular weight is 349 g/mol. The van der Waals surface area contributed by atoms with Crippen LogP contribution in [0.1, 0.15) is 15.5 Å². The lowest BCUT2D eigenvalue weighted by atomic mass is 10.4. The van der Waals surface area contributed by atoms with Crippen molar-refractivity contribution in [3.05, 3.63) is 21.5 Å². The van der Waals surface area contributed by atoms with Gasteiger partial charge in [-0.2, -0.15) is 0 Å². The van der Waals surface area contributed by atoms with Crippen molar-refractivity contribution in [2.24, 2.45) is 5.73 Å². The van der Waals surface area contributed by atoms with E-state index in [0.29, 0.717) is 18.8 Å². The monoisotopic (exact) mass is 348 g/mol. The van der Waals surface area contributed by atoms with Crippen molar-refractivity contribution in [1.29, 1.82) is 0 Å². The van der Waals surface area contributed by atoms with Gasteiger partial charge in [0, 0.05) is 23.8 Å². The summed E-state index contributed by atoms with van der Waals surface area (Å²) in [4.78, 5) is 20.2. The summed E-state index contributed by atoms with van der Waals surface area (Å²) in [5.74, 6) is -0.190. The Morgan fingerprint density at radius 3 is 2.78 bits per heavy atom. The van der Waals surface area contributed by atoms with E-state index in [-0.39, 0.29) is 22.9 Å². The summed E-state index contributed by atoms with van der Waals surface area (Å²) in [7, 11) is 0. The molecule has 0 aliphatic heterocycles. The highest BCUT2D eigenvalue weighted by Gasteiger charge is 2.12. The number of hydrogen-bond acceptors (Lipinski definition) is 6. The zero-order valence-corrected chi connectivity index (χ0v) is 13.0. The molecule has 0 fully saturated rings. The van der Waals surface area contributed by atoms with Gasteiger partial charge >= 0.3 is 0 Å². The third kappa shape index (κ3) is 3.58. The molecule has 2 heterocycles. The van der Waals surface area contributed by atoms with Crippen molar-refractivity contribution in [1.82, 2.24) is 15.3 Å². The van der Waals surface area contributed by atoms with Crippen LogP contribution in [0, 0.1) is 6.92 Å². The molecular weight excluding hydrogens is 336 g/mol.